The standard InChI is InChI=1S/C22H42NO2/c1-22(2)15-17-23(3,18-16-22)19-21(24)25-20-13-11-9-7-5-4-6-8-10-12-14-20/h20H,4-19H2,1-3H3/q+1. The zero-order valence-electron chi connectivity index (χ0n) is 17.2. The average molecular weight is 353 g/mol. The van der Waals surface area contributed by atoms with Crippen LogP contribution in [0.2, 0.25) is 0 Å². The van der Waals surface area contributed by atoms with Crippen LogP contribution in [0.15, 0.2) is 0 Å². The number of likely N-dealkylation sites (tertiary alicyclic amines) is 1. The lowest BCUT2D eigenvalue weighted by Gasteiger charge is -2.43. The van der Waals surface area contributed by atoms with Crippen molar-refractivity contribution in [3.8, 4) is 0 Å². The third-order valence-electron chi connectivity index (χ3n) is 6.52. The molecule has 0 atom stereocenters. The van der Waals surface area contributed by atoms with E-state index in [1.165, 1.54) is 70.6 Å². The van der Waals surface area contributed by atoms with Crippen LogP contribution in [0.3, 0.4) is 0 Å². The minimum absolute atomic E-state index is 0.0410. The molecule has 0 aromatic heterocycles. The molecule has 0 aromatic rings. The van der Waals surface area contributed by atoms with E-state index in [9.17, 15) is 4.79 Å². The van der Waals surface area contributed by atoms with Crippen molar-refractivity contribution in [1.29, 1.82) is 0 Å². The van der Waals surface area contributed by atoms with Crippen molar-refractivity contribution < 1.29 is 14.0 Å². The highest BCUT2D eigenvalue weighted by Crippen LogP contribution is 2.32. The Hall–Kier alpha value is -0.570. The molecule has 0 aromatic carbocycles. The van der Waals surface area contributed by atoms with Gasteiger partial charge in [0, 0.05) is 12.8 Å². The molecule has 1 saturated carbocycles. The van der Waals surface area contributed by atoms with Crippen molar-refractivity contribution in [2.24, 2.45) is 5.41 Å². The number of likely N-dealkylation sites (N-methyl/N-ethyl adjacent to an activating group) is 1. The average Bonchev–Trinajstić information content (AvgIpc) is 2.53. The van der Waals surface area contributed by atoms with Gasteiger partial charge in [0.2, 0.25) is 0 Å². The summed E-state index contributed by atoms with van der Waals surface area (Å²) in [5.74, 6) is 0.0410. The summed E-state index contributed by atoms with van der Waals surface area (Å²) in [5.41, 5.74) is 0.440. The Balaban J connectivity index is 1.78. The predicted octanol–water partition coefficient (Wildman–Crippen LogP) is 5.47. The van der Waals surface area contributed by atoms with E-state index in [2.05, 4.69) is 20.9 Å². The molecule has 25 heavy (non-hydrogen) atoms. The number of nitrogens with zero attached hydrogens (tertiary/aromatic N) is 1. The zero-order chi connectivity index (χ0) is 18.2. The van der Waals surface area contributed by atoms with Crippen molar-refractivity contribution >= 4 is 5.97 Å². The summed E-state index contributed by atoms with van der Waals surface area (Å²) >= 11 is 0. The Bertz CT molecular complexity index is 383. The van der Waals surface area contributed by atoms with Gasteiger partial charge in [-0.2, -0.15) is 0 Å². The highest BCUT2D eigenvalue weighted by molar-refractivity contribution is 5.70. The second kappa shape index (κ2) is 9.94. The fraction of sp³-hybridized carbons (Fsp3) is 0.955. The second-order valence-electron chi connectivity index (χ2n) is 9.76. The number of hydrogen-bond donors (Lipinski definition) is 0. The summed E-state index contributed by atoms with van der Waals surface area (Å²) in [6.07, 6.45) is 16.7. The van der Waals surface area contributed by atoms with Crippen LogP contribution in [0.1, 0.15) is 97.3 Å². The maximum atomic E-state index is 12.6. The largest absolute Gasteiger partial charge is 0.458 e. The maximum absolute atomic E-state index is 12.6. The zero-order valence-corrected chi connectivity index (χ0v) is 17.2. The first-order valence-corrected chi connectivity index (χ1v) is 10.9. The molecule has 1 aliphatic heterocycles. The van der Waals surface area contributed by atoms with Crippen molar-refractivity contribution in [3.63, 3.8) is 0 Å². The van der Waals surface area contributed by atoms with Crippen LogP contribution in [-0.2, 0) is 9.53 Å². The Morgan fingerprint density at radius 2 is 1.32 bits per heavy atom. The molecule has 2 fully saturated rings. The quantitative estimate of drug-likeness (QED) is 0.497. The fourth-order valence-electron chi connectivity index (χ4n) is 4.32. The topological polar surface area (TPSA) is 26.3 Å². The van der Waals surface area contributed by atoms with Gasteiger partial charge < -0.3 is 9.22 Å². The lowest BCUT2D eigenvalue weighted by Crippen LogP contribution is -2.54. The summed E-state index contributed by atoms with van der Waals surface area (Å²) in [6, 6.07) is 0. The number of rotatable bonds is 3. The number of carbonyl (C=O) groups is 1. The molecule has 2 aliphatic rings. The first kappa shape index (κ1) is 20.7. The molecular formula is C22H42NO2+. The van der Waals surface area contributed by atoms with Gasteiger partial charge in [-0.3, -0.25) is 0 Å². The molecule has 1 aliphatic carbocycles. The number of piperidine rings is 1. The maximum Gasteiger partial charge on any atom is 0.362 e. The number of carbonyl (C=O) groups excluding carboxylic acids is 1. The van der Waals surface area contributed by atoms with Crippen molar-refractivity contribution in [2.75, 3.05) is 26.7 Å². The van der Waals surface area contributed by atoms with Crippen LogP contribution in [0.25, 0.3) is 0 Å². The van der Waals surface area contributed by atoms with Gasteiger partial charge >= 0.3 is 5.97 Å². The molecule has 0 bridgehead atoms. The van der Waals surface area contributed by atoms with Crippen LogP contribution in [-0.4, -0.2) is 43.2 Å². The highest BCUT2D eigenvalue weighted by Gasteiger charge is 2.36. The Morgan fingerprint density at radius 3 is 1.80 bits per heavy atom. The number of ether oxygens (including phenoxy) is 1. The molecule has 146 valence electrons. The van der Waals surface area contributed by atoms with E-state index in [0.717, 1.165) is 30.4 Å². The molecule has 1 heterocycles. The van der Waals surface area contributed by atoms with Gasteiger partial charge in [-0.05, 0) is 31.1 Å². The lowest BCUT2D eigenvalue weighted by molar-refractivity contribution is -0.909. The monoisotopic (exact) mass is 352 g/mol. The van der Waals surface area contributed by atoms with Crippen molar-refractivity contribution in [3.05, 3.63) is 0 Å². The summed E-state index contributed by atoms with van der Waals surface area (Å²) in [5, 5.41) is 0. The third-order valence-corrected chi connectivity index (χ3v) is 6.52. The molecule has 0 unspecified atom stereocenters. The van der Waals surface area contributed by atoms with Gasteiger partial charge in [0.05, 0.1) is 20.1 Å². The van der Waals surface area contributed by atoms with Crippen LogP contribution >= 0.6 is 0 Å². The fourth-order valence-corrected chi connectivity index (χ4v) is 4.32. The SMILES string of the molecule is CC1(C)CC[N+](C)(CC(=O)OC2CCCCCCCCCCC2)CC1. The van der Waals surface area contributed by atoms with Crippen molar-refractivity contribution in [1.82, 2.24) is 0 Å². The minimum Gasteiger partial charge on any atom is -0.458 e. The summed E-state index contributed by atoms with van der Waals surface area (Å²) in [7, 11) is 2.23. The van der Waals surface area contributed by atoms with Gasteiger partial charge in [0.1, 0.15) is 6.10 Å². The Labute approximate surface area is 156 Å². The lowest BCUT2D eigenvalue weighted by atomic mass is 9.82. The molecule has 1 saturated heterocycles. The van der Waals surface area contributed by atoms with E-state index < -0.39 is 0 Å². The Morgan fingerprint density at radius 1 is 0.880 bits per heavy atom. The molecule has 0 radical (unpaired) electrons. The first-order chi connectivity index (χ1) is 11.9. The summed E-state index contributed by atoms with van der Waals surface area (Å²) < 4.78 is 6.83. The molecular weight excluding hydrogens is 310 g/mol. The summed E-state index contributed by atoms with van der Waals surface area (Å²) in [4.78, 5) is 12.6. The van der Waals surface area contributed by atoms with Crippen LogP contribution < -0.4 is 0 Å². The minimum atomic E-state index is 0.0410. The van der Waals surface area contributed by atoms with Gasteiger partial charge in [-0.15, -0.1) is 0 Å². The number of quaternary nitrogens is 1. The number of esters is 1. The first-order valence-electron chi connectivity index (χ1n) is 10.9. The van der Waals surface area contributed by atoms with Crippen LogP contribution in [0.4, 0.5) is 0 Å². The van der Waals surface area contributed by atoms with E-state index in [-0.39, 0.29) is 12.1 Å². The normalized spacial score (nSPS) is 26.2. The molecule has 3 nitrogen and oxygen atoms in total. The van der Waals surface area contributed by atoms with Crippen LogP contribution in [0, 0.1) is 5.41 Å². The van der Waals surface area contributed by atoms with E-state index >= 15 is 0 Å². The van der Waals surface area contributed by atoms with Crippen molar-refractivity contribution in [2.45, 2.75) is 103 Å². The Kier molecular flexibility index (Phi) is 8.25. The van der Waals surface area contributed by atoms with E-state index in [1.807, 2.05) is 0 Å². The smallest absolute Gasteiger partial charge is 0.362 e. The van der Waals surface area contributed by atoms with Crippen LogP contribution in [0.5, 0.6) is 0 Å². The van der Waals surface area contributed by atoms with Gasteiger partial charge in [0.25, 0.3) is 0 Å². The van der Waals surface area contributed by atoms with Gasteiger partial charge in [0.15, 0.2) is 6.54 Å². The summed E-state index contributed by atoms with van der Waals surface area (Å²) in [6.45, 7) is 7.46. The third kappa shape index (κ3) is 8.11. The molecule has 0 N–H and O–H groups in total. The number of hydrogen-bond acceptors (Lipinski definition) is 2. The second-order valence-corrected chi connectivity index (χ2v) is 9.76. The molecule has 3 heteroatoms. The van der Waals surface area contributed by atoms with E-state index in [0.29, 0.717) is 12.0 Å². The van der Waals surface area contributed by atoms with Gasteiger partial charge in [-0.25, -0.2) is 4.79 Å². The van der Waals surface area contributed by atoms with E-state index in [1.54, 1.807) is 0 Å². The predicted molar refractivity (Wildman–Crippen MR) is 104 cm³/mol. The van der Waals surface area contributed by atoms with E-state index in [4.69, 9.17) is 4.74 Å². The molecule has 2 rings (SSSR count). The molecule has 0 spiro atoms. The van der Waals surface area contributed by atoms with Gasteiger partial charge in [-0.1, -0.05) is 58.8 Å². The molecule has 0 amide bonds. The highest BCUT2D eigenvalue weighted by atomic mass is 16.5.